The minimum absolute atomic E-state index is 0.0577. The highest BCUT2D eigenvalue weighted by molar-refractivity contribution is 7.87. The normalized spacial score (nSPS) is 12.4. The first-order valence-corrected chi connectivity index (χ1v) is 14.2. The number of rotatable bonds is 11. The molecule has 39 heavy (non-hydrogen) atoms. The second-order valence-corrected chi connectivity index (χ2v) is 12.4. The van der Waals surface area contributed by atoms with Gasteiger partial charge < -0.3 is 15.0 Å². The topological polar surface area (TPSA) is 101 Å². The zero-order valence-corrected chi connectivity index (χ0v) is 24.5. The number of carbonyl (C=O) groups excluding carboxylic acids is 2. The molecule has 210 valence electrons. The highest BCUT2D eigenvalue weighted by Gasteiger charge is 2.25. The molecule has 0 saturated heterocycles. The van der Waals surface area contributed by atoms with E-state index < -0.39 is 16.1 Å². The minimum atomic E-state index is -3.83. The molecule has 9 nitrogen and oxygen atoms in total. The Balaban J connectivity index is 2.16. The summed E-state index contributed by atoms with van der Waals surface area (Å²) >= 11 is 0. The molecule has 3 aromatic rings. The number of aromatic nitrogens is 1. The summed E-state index contributed by atoms with van der Waals surface area (Å²) in [5.41, 5.74) is 1.36. The highest BCUT2D eigenvalue weighted by Crippen LogP contribution is 2.26. The number of nitrogens with zero attached hydrogens (tertiary/aromatic N) is 3. The number of fused-ring (bicyclic) bond motifs is 1. The Bertz CT molecular complexity index is 1440. The lowest BCUT2D eigenvalue weighted by atomic mass is 10.1. The SMILES string of the molecule is COc1ccc(C(=O)NC(=Cc2cn(S(=O)(=O)N(C)C)c3ccccc23)C(=O)N(CC(C)C)CC(C)C)cc1. The number of amides is 2. The maximum atomic E-state index is 13.9. The van der Waals surface area contributed by atoms with Crippen LogP contribution in [0.4, 0.5) is 0 Å². The van der Waals surface area contributed by atoms with E-state index >= 15 is 0 Å². The average Bonchev–Trinajstić information content (AvgIpc) is 3.26. The van der Waals surface area contributed by atoms with E-state index in [4.69, 9.17) is 4.74 Å². The molecule has 0 radical (unpaired) electrons. The summed E-state index contributed by atoms with van der Waals surface area (Å²) in [4.78, 5) is 28.9. The Morgan fingerprint density at radius 3 is 2.10 bits per heavy atom. The Hall–Kier alpha value is -3.63. The van der Waals surface area contributed by atoms with Gasteiger partial charge in [0.25, 0.3) is 11.8 Å². The molecule has 0 atom stereocenters. The molecule has 0 unspecified atom stereocenters. The fourth-order valence-corrected chi connectivity index (χ4v) is 5.20. The number of benzene rings is 2. The molecule has 0 aliphatic carbocycles. The Morgan fingerprint density at radius 1 is 0.974 bits per heavy atom. The van der Waals surface area contributed by atoms with E-state index in [0.717, 1.165) is 4.31 Å². The molecule has 1 heterocycles. The smallest absolute Gasteiger partial charge is 0.307 e. The third-order valence-corrected chi connectivity index (χ3v) is 7.73. The van der Waals surface area contributed by atoms with Crippen LogP contribution in [0.1, 0.15) is 43.6 Å². The van der Waals surface area contributed by atoms with Gasteiger partial charge in [-0.25, -0.2) is 3.97 Å². The van der Waals surface area contributed by atoms with E-state index in [0.29, 0.717) is 40.9 Å². The predicted octanol–water partition coefficient (Wildman–Crippen LogP) is 4.22. The summed E-state index contributed by atoms with van der Waals surface area (Å²) in [5, 5.41) is 3.43. The van der Waals surface area contributed by atoms with Gasteiger partial charge in [0.2, 0.25) is 0 Å². The Morgan fingerprint density at radius 2 is 1.56 bits per heavy atom. The first-order valence-electron chi connectivity index (χ1n) is 12.8. The lowest BCUT2D eigenvalue weighted by Crippen LogP contribution is -2.42. The molecule has 0 bridgehead atoms. The van der Waals surface area contributed by atoms with Crippen molar-refractivity contribution < 1.29 is 22.7 Å². The van der Waals surface area contributed by atoms with Crippen LogP contribution in [0.3, 0.4) is 0 Å². The summed E-state index contributed by atoms with van der Waals surface area (Å²) in [7, 11) is 0.623. The molecule has 0 fully saturated rings. The van der Waals surface area contributed by atoms with E-state index in [1.165, 1.54) is 24.3 Å². The molecule has 2 amide bonds. The maximum Gasteiger partial charge on any atom is 0.307 e. The van der Waals surface area contributed by atoms with Crippen LogP contribution in [0.2, 0.25) is 0 Å². The molecule has 2 aromatic carbocycles. The third kappa shape index (κ3) is 7.07. The first kappa shape index (κ1) is 29.9. The Labute approximate surface area is 231 Å². The van der Waals surface area contributed by atoms with Crippen molar-refractivity contribution in [1.82, 2.24) is 18.5 Å². The second kappa shape index (κ2) is 12.5. The second-order valence-electron chi connectivity index (χ2n) is 10.4. The number of nitrogens with one attached hydrogen (secondary N) is 1. The van der Waals surface area contributed by atoms with E-state index in [1.807, 2.05) is 27.7 Å². The number of hydrogen-bond donors (Lipinski definition) is 1. The number of ether oxygens (including phenoxy) is 1. The average molecular weight is 555 g/mol. The number of hydrogen-bond acceptors (Lipinski definition) is 5. The van der Waals surface area contributed by atoms with E-state index in [1.54, 1.807) is 66.6 Å². The van der Waals surface area contributed by atoms with Crippen LogP contribution in [0, 0.1) is 11.8 Å². The summed E-state index contributed by atoms with van der Waals surface area (Å²) in [5.74, 6) is 0.215. The van der Waals surface area contributed by atoms with Crippen molar-refractivity contribution in [2.24, 2.45) is 11.8 Å². The van der Waals surface area contributed by atoms with Crippen LogP contribution in [0.15, 0.2) is 60.4 Å². The summed E-state index contributed by atoms with van der Waals surface area (Å²) < 4.78 is 33.6. The van der Waals surface area contributed by atoms with Crippen molar-refractivity contribution in [2.75, 3.05) is 34.3 Å². The molecule has 10 heteroatoms. The van der Waals surface area contributed by atoms with Crippen molar-refractivity contribution >= 4 is 39.0 Å². The fraction of sp³-hybridized carbons (Fsp3) is 0.379. The lowest BCUT2D eigenvalue weighted by molar-refractivity contribution is -0.128. The van der Waals surface area contributed by atoms with Gasteiger partial charge in [-0.1, -0.05) is 45.9 Å². The van der Waals surface area contributed by atoms with Gasteiger partial charge in [-0.3, -0.25) is 9.59 Å². The first-order chi connectivity index (χ1) is 18.3. The Kier molecular flexibility index (Phi) is 9.58. The summed E-state index contributed by atoms with van der Waals surface area (Å²) in [6.07, 6.45) is 3.03. The van der Waals surface area contributed by atoms with Crippen LogP contribution in [0.25, 0.3) is 17.0 Å². The van der Waals surface area contributed by atoms with Gasteiger partial charge in [0.05, 0.1) is 12.6 Å². The van der Waals surface area contributed by atoms with Gasteiger partial charge in [0, 0.05) is 49.9 Å². The van der Waals surface area contributed by atoms with Gasteiger partial charge >= 0.3 is 10.2 Å². The van der Waals surface area contributed by atoms with Crippen molar-refractivity contribution in [3.63, 3.8) is 0 Å². The molecule has 0 aliphatic heterocycles. The molecular formula is C29H38N4O5S. The van der Waals surface area contributed by atoms with E-state index in [-0.39, 0.29) is 23.4 Å². The molecule has 1 aromatic heterocycles. The van der Waals surface area contributed by atoms with Crippen molar-refractivity contribution in [1.29, 1.82) is 0 Å². The monoisotopic (exact) mass is 554 g/mol. The molecule has 0 aliphatic rings. The van der Waals surface area contributed by atoms with Gasteiger partial charge in [-0.05, 0) is 48.2 Å². The molecule has 0 saturated carbocycles. The maximum absolute atomic E-state index is 13.9. The van der Waals surface area contributed by atoms with Crippen molar-refractivity contribution in [2.45, 2.75) is 27.7 Å². The zero-order chi connectivity index (χ0) is 28.9. The number of methoxy groups -OCH3 is 1. The van der Waals surface area contributed by atoms with E-state index in [2.05, 4.69) is 5.32 Å². The van der Waals surface area contributed by atoms with Crippen LogP contribution < -0.4 is 10.1 Å². The van der Waals surface area contributed by atoms with Crippen LogP contribution in [-0.2, 0) is 15.0 Å². The highest BCUT2D eigenvalue weighted by atomic mass is 32.2. The zero-order valence-electron chi connectivity index (χ0n) is 23.6. The molecule has 3 rings (SSSR count). The van der Waals surface area contributed by atoms with Crippen molar-refractivity contribution in [3.8, 4) is 5.75 Å². The van der Waals surface area contributed by atoms with Crippen molar-refractivity contribution in [3.05, 3.63) is 71.6 Å². The third-order valence-electron chi connectivity index (χ3n) is 6.01. The number of carbonyl (C=O) groups is 2. The van der Waals surface area contributed by atoms with Crippen LogP contribution in [0.5, 0.6) is 5.75 Å². The minimum Gasteiger partial charge on any atom is -0.497 e. The molecular weight excluding hydrogens is 516 g/mol. The molecule has 1 N–H and O–H groups in total. The standard InChI is InChI=1S/C29H38N4O5S/c1-20(2)17-32(18-21(3)4)29(35)26(30-28(34)22-12-14-24(38-7)15-13-22)16-23-19-33(39(36,37)31(5)6)27-11-9-8-10-25(23)27/h8-16,19-21H,17-18H2,1-7H3,(H,30,34). The molecule has 0 spiro atoms. The lowest BCUT2D eigenvalue weighted by Gasteiger charge is -2.27. The largest absolute Gasteiger partial charge is 0.497 e. The van der Waals surface area contributed by atoms with Crippen LogP contribution >= 0.6 is 0 Å². The summed E-state index contributed by atoms with van der Waals surface area (Å²) in [6.45, 7) is 9.12. The van der Waals surface area contributed by atoms with Crippen LogP contribution in [-0.4, -0.2) is 67.7 Å². The fourth-order valence-electron chi connectivity index (χ4n) is 4.19. The van der Waals surface area contributed by atoms with Gasteiger partial charge in [-0.15, -0.1) is 0 Å². The van der Waals surface area contributed by atoms with Gasteiger partial charge in [-0.2, -0.15) is 12.7 Å². The summed E-state index contributed by atoms with van der Waals surface area (Å²) in [6, 6.07) is 13.6. The van der Waals surface area contributed by atoms with E-state index in [9.17, 15) is 18.0 Å². The number of para-hydroxylation sites is 1. The quantitative estimate of drug-likeness (QED) is 0.358. The van der Waals surface area contributed by atoms with Gasteiger partial charge in [0.15, 0.2) is 0 Å². The predicted molar refractivity (Wildman–Crippen MR) is 155 cm³/mol. The van der Waals surface area contributed by atoms with Gasteiger partial charge in [0.1, 0.15) is 11.4 Å².